The highest BCUT2D eigenvalue weighted by atomic mass is 14.8. The lowest BCUT2D eigenvalue weighted by atomic mass is 10.0. The van der Waals surface area contributed by atoms with Gasteiger partial charge in [-0.2, -0.15) is 0 Å². The normalized spacial score (nSPS) is 13.1. The Morgan fingerprint density at radius 1 is 0.727 bits per heavy atom. The number of hydrogen-bond acceptors (Lipinski definition) is 2. The molecule has 0 radical (unpaired) electrons. The fourth-order valence-electron chi connectivity index (χ4n) is 3.19. The Morgan fingerprint density at radius 3 is 2.45 bits per heavy atom. The van der Waals surface area contributed by atoms with E-state index >= 15 is 0 Å². The zero-order chi connectivity index (χ0) is 14.9. The molecule has 0 unspecified atom stereocenters. The molecule has 2 nitrogen and oxygen atoms in total. The van der Waals surface area contributed by atoms with Gasteiger partial charge in [-0.25, -0.2) is 4.98 Å². The molecule has 0 saturated carbocycles. The van der Waals surface area contributed by atoms with Crippen LogP contribution < -0.4 is 0 Å². The van der Waals surface area contributed by atoms with Crippen molar-refractivity contribution in [2.45, 2.75) is 26.2 Å². The van der Waals surface area contributed by atoms with Crippen LogP contribution in [-0.2, 0) is 12.8 Å². The number of nitrogens with zero attached hydrogens (tertiary/aromatic N) is 2. The van der Waals surface area contributed by atoms with E-state index in [1.165, 1.54) is 23.1 Å². The van der Waals surface area contributed by atoms with Crippen LogP contribution in [0.4, 0.5) is 0 Å². The molecule has 0 saturated heterocycles. The van der Waals surface area contributed by atoms with E-state index in [1.54, 1.807) is 0 Å². The van der Waals surface area contributed by atoms with Gasteiger partial charge in [0.15, 0.2) is 0 Å². The Labute approximate surface area is 130 Å². The molecule has 22 heavy (non-hydrogen) atoms. The second kappa shape index (κ2) is 5.38. The highest BCUT2D eigenvalue weighted by Gasteiger charge is 2.16. The Hall–Kier alpha value is -2.48. The minimum Gasteiger partial charge on any atom is -0.251 e. The van der Waals surface area contributed by atoms with Gasteiger partial charge in [0.1, 0.15) is 0 Å². The zero-order valence-corrected chi connectivity index (χ0v) is 12.7. The predicted molar refractivity (Wildman–Crippen MR) is 89.7 cm³/mol. The molecule has 1 aliphatic rings. The predicted octanol–water partition coefficient (Wildman–Crippen LogP) is 4.61. The minimum atomic E-state index is 0.949. The Morgan fingerprint density at radius 2 is 1.55 bits per heavy atom. The first-order chi connectivity index (χ1) is 10.8. The molecule has 0 bridgehead atoms. The molecule has 2 heterocycles. The van der Waals surface area contributed by atoms with Crippen molar-refractivity contribution in [2.24, 2.45) is 0 Å². The first kappa shape index (κ1) is 13.2. The molecule has 2 heteroatoms. The SMILES string of the molecule is Cc1cccc(-c2ccc3c(n2)-c2ccccc2CCC3)n1. The van der Waals surface area contributed by atoms with Crippen LogP contribution in [0.15, 0.2) is 54.6 Å². The molecular weight excluding hydrogens is 268 g/mol. The smallest absolute Gasteiger partial charge is 0.0894 e. The van der Waals surface area contributed by atoms with Crippen LogP contribution in [0, 0.1) is 6.92 Å². The molecular formula is C20H18N2. The van der Waals surface area contributed by atoms with E-state index in [1.807, 2.05) is 25.1 Å². The number of pyridine rings is 2. The second-order valence-corrected chi connectivity index (χ2v) is 5.88. The van der Waals surface area contributed by atoms with Crippen LogP contribution in [0.2, 0.25) is 0 Å². The lowest BCUT2D eigenvalue weighted by Gasteiger charge is -2.10. The monoisotopic (exact) mass is 286 g/mol. The van der Waals surface area contributed by atoms with Crippen molar-refractivity contribution in [2.75, 3.05) is 0 Å². The summed E-state index contributed by atoms with van der Waals surface area (Å²) in [6.07, 6.45) is 3.41. The largest absolute Gasteiger partial charge is 0.251 e. The molecule has 0 atom stereocenters. The molecule has 108 valence electrons. The van der Waals surface area contributed by atoms with Gasteiger partial charge in [0, 0.05) is 11.3 Å². The van der Waals surface area contributed by atoms with Gasteiger partial charge in [-0.1, -0.05) is 36.4 Å². The van der Waals surface area contributed by atoms with E-state index in [0.717, 1.165) is 35.6 Å². The van der Waals surface area contributed by atoms with Crippen molar-refractivity contribution in [3.8, 4) is 22.6 Å². The number of hydrogen-bond donors (Lipinski definition) is 0. The molecule has 0 aliphatic heterocycles. The van der Waals surface area contributed by atoms with Gasteiger partial charge in [-0.3, -0.25) is 4.98 Å². The average Bonchev–Trinajstić information content (AvgIpc) is 2.74. The summed E-state index contributed by atoms with van der Waals surface area (Å²) in [7, 11) is 0. The summed E-state index contributed by atoms with van der Waals surface area (Å²) in [5.74, 6) is 0. The summed E-state index contributed by atoms with van der Waals surface area (Å²) in [5, 5.41) is 0. The van der Waals surface area contributed by atoms with Crippen LogP contribution in [0.3, 0.4) is 0 Å². The third kappa shape index (κ3) is 2.31. The number of rotatable bonds is 1. The lowest BCUT2D eigenvalue weighted by molar-refractivity contribution is 0.833. The van der Waals surface area contributed by atoms with Crippen molar-refractivity contribution < 1.29 is 0 Å². The van der Waals surface area contributed by atoms with Crippen LogP contribution in [0.1, 0.15) is 23.2 Å². The summed E-state index contributed by atoms with van der Waals surface area (Å²) in [4.78, 5) is 9.57. The molecule has 0 spiro atoms. The number of benzene rings is 1. The highest BCUT2D eigenvalue weighted by molar-refractivity contribution is 5.71. The first-order valence-corrected chi connectivity index (χ1v) is 7.83. The quantitative estimate of drug-likeness (QED) is 0.653. The molecule has 1 aromatic carbocycles. The van der Waals surface area contributed by atoms with Crippen molar-refractivity contribution >= 4 is 0 Å². The third-order valence-electron chi connectivity index (χ3n) is 4.29. The van der Waals surface area contributed by atoms with Gasteiger partial charge in [0.25, 0.3) is 0 Å². The molecule has 2 aromatic heterocycles. The maximum absolute atomic E-state index is 4.96. The Balaban J connectivity index is 1.90. The second-order valence-electron chi connectivity index (χ2n) is 5.88. The van der Waals surface area contributed by atoms with E-state index in [9.17, 15) is 0 Å². The molecule has 0 amide bonds. The lowest BCUT2D eigenvalue weighted by Crippen LogP contribution is -1.96. The van der Waals surface area contributed by atoms with Gasteiger partial charge in [0.2, 0.25) is 0 Å². The molecule has 1 aliphatic carbocycles. The fraction of sp³-hybridized carbons (Fsp3) is 0.200. The zero-order valence-electron chi connectivity index (χ0n) is 12.7. The average molecular weight is 286 g/mol. The first-order valence-electron chi connectivity index (χ1n) is 7.83. The van der Waals surface area contributed by atoms with Crippen LogP contribution in [-0.4, -0.2) is 9.97 Å². The molecule has 0 N–H and O–H groups in total. The fourth-order valence-corrected chi connectivity index (χ4v) is 3.19. The van der Waals surface area contributed by atoms with Crippen LogP contribution in [0.5, 0.6) is 0 Å². The van der Waals surface area contributed by atoms with Gasteiger partial charge in [-0.05, 0) is 55.5 Å². The number of fused-ring (bicyclic) bond motifs is 3. The summed E-state index contributed by atoms with van der Waals surface area (Å²) >= 11 is 0. The van der Waals surface area contributed by atoms with E-state index in [0.29, 0.717) is 0 Å². The van der Waals surface area contributed by atoms with Gasteiger partial charge in [-0.15, -0.1) is 0 Å². The highest BCUT2D eigenvalue weighted by Crippen LogP contribution is 2.32. The Kier molecular flexibility index (Phi) is 3.23. The summed E-state index contributed by atoms with van der Waals surface area (Å²) in [6.45, 7) is 2.02. The van der Waals surface area contributed by atoms with Gasteiger partial charge >= 0.3 is 0 Å². The van der Waals surface area contributed by atoms with Crippen molar-refractivity contribution in [1.82, 2.24) is 9.97 Å². The maximum Gasteiger partial charge on any atom is 0.0894 e. The number of aromatic nitrogens is 2. The minimum absolute atomic E-state index is 0.949. The van der Waals surface area contributed by atoms with E-state index in [-0.39, 0.29) is 0 Å². The topological polar surface area (TPSA) is 25.8 Å². The molecule has 4 rings (SSSR count). The van der Waals surface area contributed by atoms with E-state index in [2.05, 4.69) is 41.4 Å². The van der Waals surface area contributed by atoms with Gasteiger partial charge in [0.05, 0.1) is 17.1 Å². The number of aryl methyl sites for hydroxylation is 3. The Bertz CT molecular complexity index is 837. The molecule has 3 aromatic rings. The standard InChI is InChI=1S/C20H18N2/c1-14-6-4-11-18(21-14)19-13-12-16-9-5-8-15-7-2-3-10-17(15)20(16)22-19/h2-4,6-7,10-13H,5,8-9H2,1H3. The van der Waals surface area contributed by atoms with Crippen molar-refractivity contribution in [1.29, 1.82) is 0 Å². The van der Waals surface area contributed by atoms with Gasteiger partial charge < -0.3 is 0 Å². The van der Waals surface area contributed by atoms with Crippen molar-refractivity contribution in [3.05, 3.63) is 71.4 Å². The van der Waals surface area contributed by atoms with E-state index < -0.39 is 0 Å². The summed E-state index contributed by atoms with van der Waals surface area (Å²) in [6, 6.07) is 19.1. The summed E-state index contributed by atoms with van der Waals surface area (Å²) < 4.78 is 0. The third-order valence-corrected chi connectivity index (χ3v) is 4.29. The molecule has 0 fully saturated rings. The summed E-state index contributed by atoms with van der Waals surface area (Å²) in [5.41, 5.74) is 8.10. The van der Waals surface area contributed by atoms with Crippen molar-refractivity contribution in [3.63, 3.8) is 0 Å². The maximum atomic E-state index is 4.96. The van der Waals surface area contributed by atoms with Crippen LogP contribution >= 0.6 is 0 Å². The van der Waals surface area contributed by atoms with Crippen LogP contribution in [0.25, 0.3) is 22.6 Å². The van der Waals surface area contributed by atoms with E-state index in [4.69, 9.17) is 4.98 Å².